The lowest BCUT2D eigenvalue weighted by atomic mass is 10.2. The Morgan fingerprint density at radius 1 is 1.42 bits per heavy atom. The predicted molar refractivity (Wildman–Crippen MR) is 72.4 cm³/mol. The van der Waals surface area contributed by atoms with Crippen molar-refractivity contribution >= 4 is 11.7 Å². The second-order valence-electron chi connectivity index (χ2n) is 4.50. The molecular formula is C13H17N5O. The molecule has 1 amide bonds. The number of imidazole rings is 1. The molecule has 0 aliphatic heterocycles. The number of pyridine rings is 1. The van der Waals surface area contributed by atoms with Gasteiger partial charge in [0, 0.05) is 24.6 Å². The highest BCUT2D eigenvalue weighted by atomic mass is 16.1. The predicted octanol–water partition coefficient (Wildman–Crippen LogP) is 1.37. The minimum absolute atomic E-state index is 0.189. The van der Waals surface area contributed by atoms with Crippen LogP contribution < -0.4 is 11.1 Å². The van der Waals surface area contributed by atoms with E-state index in [4.69, 9.17) is 5.73 Å². The van der Waals surface area contributed by atoms with E-state index in [1.807, 2.05) is 10.8 Å². The maximum absolute atomic E-state index is 11.9. The number of rotatable bonds is 4. The average molecular weight is 259 g/mol. The molecule has 19 heavy (non-hydrogen) atoms. The number of amides is 1. The summed E-state index contributed by atoms with van der Waals surface area (Å²) in [5.74, 6) is 1.03. The van der Waals surface area contributed by atoms with Crippen molar-refractivity contribution < 1.29 is 4.79 Å². The van der Waals surface area contributed by atoms with E-state index < -0.39 is 0 Å². The molecule has 100 valence electrons. The summed E-state index contributed by atoms with van der Waals surface area (Å²) in [5, 5.41) is 2.81. The summed E-state index contributed by atoms with van der Waals surface area (Å²) in [4.78, 5) is 20.0. The number of anilines is 1. The Morgan fingerprint density at radius 2 is 2.21 bits per heavy atom. The normalized spacial score (nSPS) is 10.7. The fourth-order valence-electron chi connectivity index (χ4n) is 1.75. The summed E-state index contributed by atoms with van der Waals surface area (Å²) in [6.07, 6.45) is 5.09. The molecule has 2 rings (SSSR count). The van der Waals surface area contributed by atoms with Crippen molar-refractivity contribution in [3.8, 4) is 0 Å². The largest absolute Gasteiger partial charge is 0.384 e. The summed E-state index contributed by atoms with van der Waals surface area (Å²) in [5.41, 5.74) is 5.96. The summed E-state index contributed by atoms with van der Waals surface area (Å²) in [6, 6.07) is 3.56. The van der Waals surface area contributed by atoms with Crippen LogP contribution in [0, 0.1) is 0 Å². The Hall–Kier alpha value is -2.37. The van der Waals surface area contributed by atoms with E-state index in [0.29, 0.717) is 24.0 Å². The molecule has 0 unspecified atom stereocenters. The van der Waals surface area contributed by atoms with Crippen molar-refractivity contribution in [3.63, 3.8) is 0 Å². The van der Waals surface area contributed by atoms with Gasteiger partial charge in [0.05, 0.1) is 12.1 Å². The minimum atomic E-state index is -0.189. The van der Waals surface area contributed by atoms with Crippen molar-refractivity contribution in [1.29, 1.82) is 0 Å². The molecule has 0 spiro atoms. The van der Waals surface area contributed by atoms with Gasteiger partial charge in [0.25, 0.3) is 5.91 Å². The molecule has 0 radical (unpaired) electrons. The van der Waals surface area contributed by atoms with Crippen LogP contribution in [0.1, 0.15) is 36.1 Å². The fraction of sp³-hybridized carbons (Fsp3) is 0.308. The second kappa shape index (κ2) is 5.51. The van der Waals surface area contributed by atoms with Gasteiger partial charge in [0.2, 0.25) is 0 Å². The Labute approximate surface area is 111 Å². The van der Waals surface area contributed by atoms with Gasteiger partial charge in [-0.15, -0.1) is 0 Å². The first-order chi connectivity index (χ1) is 9.08. The van der Waals surface area contributed by atoms with Gasteiger partial charge in [-0.05, 0) is 26.0 Å². The van der Waals surface area contributed by atoms with E-state index in [0.717, 1.165) is 5.82 Å². The van der Waals surface area contributed by atoms with Crippen molar-refractivity contribution in [2.75, 3.05) is 5.73 Å². The quantitative estimate of drug-likeness (QED) is 0.868. The highest BCUT2D eigenvalue weighted by molar-refractivity contribution is 5.93. The third kappa shape index (κ3) is 3.09. The van der Waals surface area contributed by atoms with Gasteiger partial charge in [-0.25, -0.2) is 9.97 Å². The first-order valence-electron chi connectivity index (χ1n) is 6.09. The molecule has 0 saturated heterocycles. The van der Waals surface area contributed by atoms with Crippen LogP contribution in [0.2, 0.25) is 0 Å². The molecule has 3 N–H and O–H groups in total. The lowest BCUT2D eigenvalue weighted by molar-refractivity contribution is 0.0949. The monoisotopic (exact) mass is 259 g/mol. The number of carbonyl (C=O) groups is 1. The fourth-order valence-corrected chi connectivity index (χ4v) is 1.75. The summed E-state index contributed by atoms with van der Waals surface area (Å²) < 4.78 is 2.02. The third-order valence-electron chi connectivity index (χ3n) is 2.76. The summed E-state index contributed by atoms with van der Waals surface area (Å²) >= 11 is 0. The van der Waals surface area contributed by atoms with Gasteiger partial charge < -0.3 is 15.6 Å². The maximum Gasteiger partial charge on any atom is 0.253 e. The molecule has 6 nitrogen and oxygen atoms in total. The van der Waals surface area contributed by atoms with Crippen molar-refractivity contribution in [3.05, 3.63) is 42.1 Å². The number of aromatic nitrogens is 3. The van der Waals surface area contributed by atoms with Crippen LogP contribution in [0.5, 0.6) is 0 Å². The lowest BCUT2D eigenvalue weighted by Gasteiger charge is -2.12. The topological polar surface area (TPSA) is 85.8 Å². The van der Waals surface area contributed by atoms with Gasteiger partial charge in [0.1, 0.15) is 11.6 Å². The number of nitrogens with one attached hydrogen (secondary N) is 1. The second-order valence-corrected chi connectivity index (χ2v) is 4.50. The molecule has 0 fully saturated rings. The molecule has 0 aromatic carbocycles. The zero-order valence-corrected chi connectivity index (χ0v) is 11.0. The highest BCUT2D eigenvalue weighted by Crippen LogP contribution is 2.08. The van der Waals surface area contributed by atoms with Crippen LogP contribution in [0.4, 0.5) is 5.82 Å². The van der Waals surface area contributed by atoms with Gasteiger partial charge in [-0.1, -0.05) is 0 Å². The van der Waals surface area contributed by atoms with E-state index in [1.165, 1.54) is 6.20 Å². The molecular weight excluding hydrogens is 242 g/mol. The molecule has 6 heteroatoms. The Morgan fingerprint density at radius 3 is 2.84 bits per heavy atom. The lowest BCUT2D eigenvalue weighted by Crippen LogP contribution is -2.25. The van der Waals surface area contributed by atoms with Crippen molar-refractivity contribution in [1.82, 2.24) is 19.9 Å². The van der Waals surface area contributed by atoms with Crippen LogP contribution in [0.3, 0.4) is 0 Å². The van der Waals surface area contributed by atoms with Crippen LogP contribution in [-0.4, -0.2) is 20.4 Å². The number of nitrogens with zero attached hydrogens (tertiary/aromatic N) is 3. The molecule has 2 heterocycles. The van der Waals surface area contributed by atoms with E-state index in [-0.39, 0.29) is 5.91 Å². The molecule has 0 aliphatic rings. The van der Waals surface area contributed by atoms with Crippen LogP contribution >= 0.6 is 0 Å². The van der Waals surface area contributed by atoms with Gasteiger partial charge in [-0.3, -0.25) is 4.79 Å². The summed E-state index contributed by atoms with van der Waals surface area (Å²) in [7, 11) is 0. The van der Waals surface area contributed by atoms with E-state index in [2.05, 4.69) is 29.1 Å². The average Bonchev–Trinajstić information content (AvgIpc) is 2.85. The number of nitrogen functional groups attached to an aromatic ring is 1. The Bertz CT molecular complexity index is 559. The van der Waals surface area contributed by atoms with Gasteiger partial charge >= 0.3 is 0 Å². The Balaban J connectivity index is 2.00. The first-order valence-corrected chi connectivity index (χ1v) is 6.09. The van der Waals surface area contributed by atoms with Crippen molar-refractivity contribution in [2.45, 2.75) is 26.4 Å². The smallest absolute Gasteiger partial charge is 0.253 e. The number of carbonyl (C=O) groups excluding carboxylic acids is 1. The van der Waals surface area contributed by atoms with Crippen LogP contribution in [0.15, 0.2) is 30.7 Å². The van der Waals surface area contributed by atoms with Gasteiger partial charge in [-0.2, -0.15) is 0 Å². The SMILES string of the molecule is CC(C)n1ccnc1CNC(=O)c1ccc(N)nc1. The number of hydrogen-bond donors (Lipinski definition) is 2. The van der Waals surface area contributed by atoms with Crippen LogP contribution in [0.25, 0.3) is 0 Å². The molecule has 0 atom stereocenters. The standard InChI is InChI=1S/C13H17N5O/c1-9(2)18-6-5-15-12(18)8-17-13(19)10-3-4-11(14)16-7-10/h3-7,9H,8H2,1-2H3,(H2,14,16)(H,17,19). The van der Waals surface area contributed by atoms with Crippen molar-refractivity contribution in [2.24, 2.45) is 0 Å². The zero-order chi connectivity index (χ0) is 13.8. The molecule has 2 aromatic rings. The number of hydrogen-bond acceptors (Lipinski definition) is 4. The zero-order valence-electron chi connectivity index (χ0n) is 11.0. The first kappa shape index (κ1) is 13.1. The van der Waals surface area contributed by atoms with Crippen LogP contribution in [-0.2, 0) is 6.54 Å². The molecule has 0 saturated carbocycles. The molecule has 0 aliphatic carbocycles. The number of nitrogens with two attached hydrogens (primary N) is 1. The third-order valence-corrected chi connectivity index (χ3v) is 2.76. The van der Waals surface area contributed by atoms with Gasteiger partial charge in [0.15, 0.2) is 0 Å². The molecule has 2 aromatic heterocycles. The Kier molecular flexibility index (Phi) is 3.79. The summed E-state index contributed by atoms with van der Waals surface area (Å²) in [6.45, 7) is 4.52. The van der Waals surface area contributed by atoms with E-state index >= 15 is 0 Å². The highest BCUT2D eigenvalue weighted by Gasteiger charge is 2.09. The van der Waals surface area contributed by atoms with E-state index in [9.17, 15) is 4.79 Å². The van der Waals surface area contributed by atoms with E-state index in [1.54, 1.807) is 18.3 Å². The molecule has 0 bridgehead atoms. The minimum Gasteiger partial charge on any atom is -0.384 e. The maximum atomic E-state index is 11.9.